The third-order valence-electron chi connectivity index (χ3n) is 4.40. The molecule has 1 aliphatic rings. The molecule has 1 heterocycles. The molecule has 2 aromatic carbocycles. The molecule has 3 rings (SSSR count). The second-order valence-corrected chi connectivity index (χ2v) is 6.25. The van der Waals surface area contributed by atoms with Crippen molar-refractivity contribution in [1.29, 1.82) is 0 Å². The molecule has 0 fully saturated rings. The number of anilines is 1. The van der Waals surface area contributed by atoms with Crippen LogP contribution in [0.4, 0.5) is 24.5 Å². The third kappa shape index (κ3) is 2.95. The van der Waals surface area contributed by atoms with Gasteiger partial charge in [-0.05, 0) is 17.0 Å². The molecule has 27 heavy (non-hydrogen) atoms. The lowest BCUT2D eigenvalue weighted by atomic mass is 9.92. The number of rotatable bonds is 3. The van der Waals surface area contributed by atoms with Crippen LogP contribution in [-0.2, 0) is 4.79 Å². The minimum Gasteiger partial charge on any atom is -0.366 e. The van der Waals surface area contributed by atoms with Crippen LogP contribution in [0.3, 0.4) is 0 Å². The van der Waals surface area contributed by atoms with Crippen molar-refractivity contribution in [3.05, 3.63) is 45.5 Å². The Morgan fingerprint density at radius 3 is 2.56 bits per heavy atom. The van der Waals surface area contributed by atoms with Gasteiger partial charge in [0.05, 0.1) is 21.6 Å². The fourth-order valence-electron chi connectivity index (χ4n) is 3.35. The molecule has 1 aliphatic heterocycles. The SMILES string of the molecule is NC(=O)c1cccc2c3c(cc([N+](=O)[O-])c12)N(C(=O)C(F)(F)F)CC3CCl. The van der Waals surface area contributed by atoms with Crippen LogP contribution < -0.4 is 10.6 Å². The van der Waals surface area contributed by atoms with Gasteiger partial charge in [0, 0.05) is 24.4 Å². The van der Waals surface area contributed by atoms with E-state index in [0.29, 0.717) is 4.90 Å². The lowest BCUT2D eigenvalue weighted by molar-refractivity contribution is -0.383. The quantitative estimate of drug-likeness (QED) is 0.484. The number of amides is 2. The Hall–Kier alpha value is -2.88. The number of nitro groups is 1. The van der Waals surface area contributed by atoms with Crippen LogP contribution in [0.1, 0.15) is 21.8 Å². The highest BCUT2D eigenvalue weighted by atomic mass is 35.5. The average Bonchev–Trinajstić information content (AvgIpc) is 2.97. The van der Waals surface area contributed by atoms with Crippen LogP contribution >= 0.6 is 11.6 Å². The maximum absolute atomic E-state index is 12.9. The molecule has 2 amide bonds. The van der Waals surface area contributed by atoms with E-state index in [4.69, 9.17) is 17.3 Å². The molecular formula is C16H11ClF3N3O4. The maximum atomic E-state index is 12.9. The molecule has 0 saturated heterocycles. The van der Waals surface area contributed by atoms with E-state index in [1.54, 1.807) is 0 Å². The fraction of sp³-hybridized carbons (Fsp3) is 0.250. The molecule has 11 heteroatoms. The van der Waals surface area contributed by atoms with Crippen molar-refractivity contribution in [3.63, 3.8) is 0 Å². The van der Waals surface area contributed by atoms with Gasteiger partial charge < -0.3 is 10.6 Å². The van der Waals surface area contributed by atoms with Crippen LogP contribution in [0, 0.1) is 10.1 Å². The summed E-state index contributed by atoms with van der Waals surface area (Å²) in [7, 11) is 0. The molecule has 0 aliphatic carbocycles. The molecule has 2 N–H and O–H groups in total. The minimum absolute atomic E-state index is 0.0924. The second kappa shape index (κ2) is 6.38. The van der Waals surface area contributed by atoms with Crippen molar-refractivity contribution in [2.75, 3.05) is 17.3 Å². The smallest absolute Gasteiger partial charge is 0.366 e. The van der Waals surface area contributed by atoms with E-state index < -0.39 is 34.5 Å². The van der Waals surface area contributed by atoms with E-state index in [1.165, 1.54) is 18.2 Å². The Balaban J connectivity index is 2.41. The van der Waals surface area contributed by atoms with Gasteiger partial charge in [-0.3, -0.25) is 19.7 Å². The van der Waals surface area contributed by atoms with Gasteiger partial charge in [-0.2, -0.15) is 13.2 Å². The molecule has 0 radical (unpaired) electrons. The standard InChI is InChI=1S/C16H11ClF3N3O4/c17-5-7-6-22(15(25)16(18,19)20)10-4-11(23(26)27)13-8(12(7)10)2-1-3-9(13)14(21)24/h1-4,7H,5-6H2,(H2,21,24). The topological polar surface area (TPSA) is 107 Å². The second-order valence-electron chi connectivity index (χ2n) is 5.94. The number of alkyl halides is 4. The highest BCUT2D eigenvalue weighted by Gasteiger charge is 2.47. The summed E-state index contributed by atoms with van der Waals surface area (Å²) in [5, 5.41) is 11.6. The van der Waals surface area contributed by atoms with Gasteiger partial charge in [0.2, 0.25) is 5.91 Å². The Kier molecular flexibility index (Phi) is 4.46. The highest BCUT2D eigenvalue weighted by molar-refractivity contribution is 6.19. The zero-order valence-electron chi connectivity index (χ0n) is 13.4. The number of nitrogens with two attached hydrogens (primary N) is 1. The van der Waals surface area contributed by atoms with Gasteiger partial charge in [0.1, 0.15) is 0 Å². The van der Waals surface area contributed by atoms with Crippen LogP contribution in [0.5, 0.6) is 0 Å². The summed E-state index contributed by atoms with van der Waals surface area (Å²) >= 11 is 5.88. The molecule has 0 aromatic heterocycles. The predicted molar refractivity (Wildman–Crippen MR) is 91.0 cm³/mol. The number of benzene rings is 2. The first kappa shape index (κ1) is 18.9. The average molecular weight is 402 g/mol. The van der Waals surface area contributed by atoms with Crippen LogP contribution in [0.2, 0.25) is 0 Å². The summed E-state index contributed by atoms with van der Waals surface area (Å²) < 4.78 is 38.8. The third-order valence-corrected chi connectivity index (χ3v) is 4.77. The van der Waals surface area contributed by atoms with E-state index in [-0.39, 0.29) is 40.0 Å². The van der Waals surface area contributed by atoms with Gasteiger partial charge in [-0.15, -0.1) is 11.6 Å². The molecule has 0 saturated carbocycles. The van der Waals surface area contributed by atoms with Gasteiger partial charge in [0.15, 0.2) is 0 Å². The van der Waals surface area contributed by atoms with Crippen molar-refractivity contribution in [1.82, 2.24) is 0 Å². The summed E-state index contributed by atoms with van der Waals surface area (Å²) in [5.74, 6) is -3.88. The zero-order chi connectivity index (χ0) is 20.1. The number of nitrogens with zero attached hydrogens (tertiary/aromatic N) is 2. The number of carbonyl (C=O) groups is 2. The molecule has 2 aromatic rings. The van der Waals surface area contributed by atoms with E-state index in [9.17, 15) is 32.9 Å². The number of halogens is 4. The number of non-ortho nitro benzene ring substituents is 1. The van der Waals surface area contributed by atoms with Crippen molar-refractivity contribution in [2.24, 2.45) is 5.73 Å². The number of hydrogen-bond acceptors (Lipinski definition) is 4. The van der Waals surface area contributed by atoms with E-state index in [2.05, 4.69) is 0 Å². The first-order valence-electron chi connectivity index (χ1n) is 7.56. The van der Waals surface area contributed by atoms with Crippen molar-refractivity contribution >= 4 is 45.6 Å². The normalized spacial score (nSPS) is 16.4. The number of carbonyl (C=O) groups excluding carboxylic acids is 2. The van der Waals surface area contributed by atoms with Gasteiger partial charge >= 0.3 is 12.1 Å². The Labute approximate surface area is 154 Å². The van der Waals surface area contributed by atoms with Crippen molar-refractivity contribution < 1.29 is 27.7 Å². The fourth-order valence-corrected chi connectivity index (χ4v) is 3.61. The zero-order valence-corrected chi connectivity index (χ0v) is 14.2. The van der Waals surface area contributed by atoms with Gasteiger partial charge in [-0.25, -0.2) is 0 Å². The predicted octanol–water partition coefficient (Wildman–Crippen LogP) is 3.08. The Bertz CT molecular complexity index is 993. The number of hydrogen-bond donors (Lipinski definition) is 1. The molecule has 0 spiro atoms. The number of fused-ring (bicyclic) bond motifs is 3. The molecule has 1 atom stereocenters. The van der Waals surface area contributed by atoms with Crippen LogP contribution in [0.15, 0.2) is 24.3 Å². The monoisotopic (exact) mass is 401 g/mol. The number of nitro benzene ring substituents is 1. The molecule has 142 valence electrons. The summed E-state index contributed by atoms with van der Waals surface area (Å²) in [6.45, 7) is -0.381. The Morgan fingerprint density at radius 1 is 1.37 bits per heavy atom. The minimum atomic E-state index is -5.16. The van der Waals surface area contributed by atoms with Gasteiger partial charge in [0.25, 0.3) is 5.69 Å². The molecule has 0 bridgehead atoms. The van der Waals surface area contributed by atoms with E-state index >= 15 is 0 Å². The lowest BCUT2D eigenvalue weighted by Gasteiger charge is -2.19. The summed E-state index contributed by atoms with van der Waals surface area (Å²) in [4.78, 5) is 34.6. The van der Waals surface area contributed by atoms with Crippen molar-refractivity contribution in [2.45, 2.75) is 12.1 Å². The number of primary amides is 1. The van der Waals surface area contributed by atoms with Gasteiger partial charge in [-0.1, -0.05) is 12.1 Å². The van der Waals surface area contributed by atoms with E-state index in [0.717, 1.165) is 6.07 Å². The first-order chi connectivity index (χ1) is 12.6. The Morgan fingerprint density at radius 2 is 2.04 bits per heavy atom. The molecular weight excluding hydrogens is 391 g/mol. The highest BCUT2D eigenvalue weighted by Crippen LogP contribution is 2.47. The molecule has 7 nitrogen and oxygen atoms in total. The maximum Gasteiger partial charge on any atom is 0.471 e. The van der Waals surface area contributed by atoms with E-state index in [1.807, 2.05) is 0 Å². The van der Waals surface area contributed by atoms with Crippen LogP contribution in [-0.4, -0.2) is 35.3 Å². The summed E-state index contributed by atoms with van der Waals surface area (Å²) in [6, 6.07) is 4.98. The summed E-state index contributed by atoms with van der Waals surface area (Å²) in [5.41, 5.74) is 4.53. The van der Waals surface area contributed by atoms with Crippen LogP contribution in [0.25, 0.3) is 10.8 Å². The van der Waals surface area contributed by atoms with Crippen molar-refractivity contribution in [3.8, 4) is 0 Å². The largest absolute Gasteiger partial charge is 0.471 e. The molecule has 1 unspecified atom stereocenters. The first-order valence-corrected chi connectivity index (χ1v) is 8.09. The summed E-state index contributed by atoms with van der Waals surface area (Å²) in [6.07, 6.45) is -5.16. The lowest BCUT2D eigenvalue weighted by Crippen LogP contribution is -2.40.